The highest BCUT2D eigenvalue weighted by Gasteiger charge is 2.26. The molecule has 23 heavy (non-hydrogen) atoms. The second-order valence-electron chi connectivity index (χ2n) is 5.61. The predicted octanol–water partition coefficient (Wildman–Crippen LogP) is 0.920. The van der Waals surface area contributed by atoms with Crippen LogP contribution in [0.4, 0.5) is 0 Å². The third-order valence-corrected chi connectivity index (χ3v) is 4.05. The van der Waals surface area contributed by atoms with Gasteiger partial charge in [0.25, 0.3) is 5.91 Å². The normalized spacial score (nSPS) is 17.2. The van der Waals surface area contributed by atoms with Gasteiger partial charge in [-0.05, 0) is 25.5 Å². The summed E-state index contributed by atoms with van der Waals surface area (Å²) < 4.78 is 0. The van der Waals surface area contributed by atoms with Crippen LogP contribution in [0, 0.1) is 0 Å². The molecule has 6 nitrogen and oxygen atoms in total. The van der Waals surface area contributed by atoms with Crippen LogP contribution < -0.4 is 5.32 Å². The highest BCUT2D eigenvalue weighted by molar-refractivity contribution is 5.92. The van der Waals surface area contributed by atoms with E-state index >= 15 is 0 Å². The van der Waals surface area contributed by atoms with E-state index in [9.17, 15) is 9.59 Å². The average Bonchev–Trinajstić information content (AvgIpc) is 2.85. The first-order chi connectivity index (χ1) is 11.1. The number of carbonyl (C=O) groups excluding carboxylic acids is 2. The largest absolute Gasteiger partial charge is 0.351 e. The number of carbonyl (C=O) groups is 2. The fourth-order valence-electron chi connectivity index (χ4n) is 2.67. The molecule has 1 aliphatic heterocycles. The summed E-state index contributed by atoms with van der Waals surface area (Å²) in [6.07, 6.45) is 4.14. The molecule has 0 aromatic carbocycles. The molecule has 1 fully saturated rings. The molecule has 0 aliphatic carbocycles. The molecule has 1 unspecified atom stereocenters. The van der Waals surface area contributed by atoms with Gasteiger partial charge in [-0.2, -0.15) is 0 Å². The zero-order valence-electron chi connectivity index (χ0n) is 13.6. The van der Waals surface area contributed by atoms with Gasteiger partial charge in [0.2, 0.25) is 5.91 Å². The maximum Gasteiger partial charge on any atom is 0.272 e. The Morgan fingerprint density at radius 3 is 2.87 bits per heavy atom. The molecule has 1 atom stereocenters. The molecule has 2 amide bonds. The van der Waals surface area contributed by atoms with E-state index in [0.29, 0.717) is 31.9 Å². The number of pyridine rings is 1. The van der Waals surface area contributed by atoms with Gasteiger partial charge in [0.1, 0.15) is 5.69 Å². The van der Waals surface area contributed by atoms with Gasteiger partial charge in [-0.3, -0.25) is 19.5 Å². The van der Waals surface area contributed by atoms with Crippen LogP contribution in [0.1, 0.15) is 23.8 Å². The minimum absolute atomic E-state index is 0.00518. The molecular weight excluding hydrogens is 292 g/mol. The van der Waals surface area contributed by atoms with E-state index in [4.69, 9.17) is 0 Å². The second-order valence-corrected chi connectivity index (χ2v) is 5.61. The van der Waals surface area contributed by atoms with Crippen molar-refractivity contribution in [2.24, 2.45) is 0 Å². The van der Waals surface area contributed by atoms with Gasteiger partial charge >= 0.3 is 0 Å². The Hall–Kier alpha value is -2.21. The van der Waals surface area contributed by atoms with Crippen LogP contribution in [-0.2, 0) is 4.79 Å². The molecular formula is C17H24N4O2. The summed E-state index contributed by atoms with van der Waals surface area (Å²) in [5.74, 6) is -0.0504. The van der Waals surface area contributed by atoms with Gasteiger partial charge in [-0.1, -0.05) is 12.1 Å². The Balaban J connectivity index is 1.93. The minimum atomic E-state index is -0.208. The number of nitrogens with zero attached hydrogens (tertiary/aromatic N) is 3. The van der Waals surface area contributed by atoms with E-state index in [0.717, 1.165) is 13.0 Å². The molecule has 0 spiro atoms. The monoisotopic (exact) mass is 316 g/mol. The smallest absolute Gasteiger partial charge is 0.272 e. The predicted molar refractivity (Wildman–Crippen MR) is 89.0 cm³/mol. The van der Waals surface area contributed by atoms with Crippen molar-refractivity contribution < 1.29 is 9.59 Å². The maximum absolute atomic E-state index is 12.5. The van der Waals surface area contributed by atoms with Crippen LogP contribution >= 0.6 is 0 Å². The van der Waals surface area contributed by atoms with Crippen molar-refractivity contribution >= 4 is 11.8 Å². The third-order valence-electron chi connectivity index (χ3n) is 4.05. The number of rotatable bonds is 5. The van der Waals surface area contributed by atoms with Crippen molar-refractivity contribution in [1.82, 2.24) is 20.1 Å². The molecule has 1 saturated heterocycles. The SMILES string of the molecule is C=CCNC(=O)C(C)N1CCCN(C(=O)c2ccccn2)CC1. The summed E-state index contributed by atoms with van der Waals surface area (Å²) in [6, 6.07) is 5.14. The van der Waals surface area contributed by atoms with E-state index in [1.807, 2.05) is 17.9 Å². The minimum Gasteiger partial charge on any atom is -0.351 e. The summed E-state index contributed by atoms with van der Waals surface area (Å²) in [5, 5.41) is 2.82. The van der Waals surface area contributed by atoms with Gasteiger partial charge in [0.05, 0.1) is 6.04 Å². The number of amides is 2. The fourth-order valence-corrected chi connectivity index (χ4v) is 2.67. The van der Waals surface area contributed by atoms with E-state index in [2.05, 4.69) is 21.8 Å². The van der Waals surface area contributed by atoms with Crippen molar-refractivity contribution in [1.29, 1.82) is 0 Å². The Bertz CT molecular complexity index is 547. The molecule has 1 aromatic heterocycles. The van der Waals surface area contributed by atoms with Crippen molar-refractivity contribution in [3.63, 3.8) is 0 Å². The highest BCUT2D eigenvalue weighted by atomic mass is 16.2. The zero-order valence-corrected chi connectivity index (χ0v) is 13.6. The molecule has 1 N–H and O–H groups in total. The van der Waals surface area contributed by atoms with E-state index < -0.39 is 0 Å². The van der Waals surface area contributed by atoms with Crippen LogP contribution in [0.5, 0.6) is 0 Å². The van der Waals surface area contributed by atoms with Gasteiger partial charge in [-0.25, -0.2) is 0 Å². The van der Waals surface area contributed by atoms with Crippen LogP contribution in [-0.4, -0.2) is 65.4 Å². The summed E-state index contributed by atoms with van der Waals surface area (Å²) in [6.45, 7) is 8.75. The molecule has 1 aliphatic rings. The van der Waals surface area contributed by atoms with Gasteiger partial charge < -0.3 is 10.2 Å². The van der Waals surface area contributed by atoms with Gasteiger partial charge in [0, 0.05) is 38.9 Å². The molecule has 124 valence electrons. The van der Waals surface area contributed by atoms with Crippen LogP contribution in [0.3, 0.4) is 0 Å². The molecule has 0 radical (unpaired) electrons. The van der Waals surface area contributed by atoms with E-state index in [1.165, 1.54) is 0 Å². The fraction of sp³-hybridized carbons (Fsp3) is 0.471. The summed E-state index contributed by atoms with van der Waals surface area (Å²) in [4.78, 5) is 32.6. The number of hydrogen-bond acceptors (Lipinski definition) is 4. The molecule has 2 heterocycles. The Kier molecular flexibility index (Phi) is 6.29. The average molecular weight is 316 g/mol. The van der Waals surface area contributed by atoms with Crippen LogP contribution in [0.2, 0.25) is 0 Å². The molecule has 1 aromatic rings. The third kappa shape index (κ3) is 4.63. The quantitative estimate of drug-likeness (QED) is 0.821. The highest BCUT2D eigenvalue weighted by Crippen LogP contribution is 2.10. The summed E-state index contributed by atoms with van der Waals surface area (Å²) >= 11 is 0. The van der Waals surface area contributed by atoms with Gasteiger partial charge in [-0.15, -0.1) is 6.58 Å². The van der Waals surface area contributed by atoms with Gasteiger partial charge in [0.15, 0.2) is 0 Å². The van der Waals surface area contributed by atoms with Crippen LogP contribution in [0.15, 0.2) is 37.1 Å². The number of hydrogen-bond donors (Lipinski definition) is 1. The first-order valence-corrected chi connectivity index (χ1v) is 7.96. The molecule has 6 heteroatoms. The first kappa shape index (κ1) is 17.1. The Morgan fingerprint density at radius 1 is 1.35 bits per heavy atom. The van der Waals surface area contributed by atoms with Crippen LogP contribution in [0.25, 0.3) is 0 Å². The number of aromatic nitrogens is 1. The van der Waals surface area contributed by atoms with Crippen molar-refractivity contribution in [2.45, 2.75) is 19.4 Å². The lowest BCUT2D eigenvalue weighted by Gasteiger charge is -2.26. The molecule has 0 bridgehead atoms. The van der Waals surface area contributed by atoms with E-state index in [-0.39, 0.29) is 17.9 Å². The maximum atomic E-state index is 12.5. The Morgan fingerprint density at radius 2 is 2.17 bits per heavy atom. The number of nitrogens with one attached hydrogen (secondary N) is 1. The lowest BCUT2D eigenvalue weighted by atomic mass is 10.2. The molecule has 0 saturated carbocycles. The standard InChI is InChI=1S/C17H24N4O2/c1-3-8-19-16(22)14(2)20-10-6-11-21(13-12-20)17(23)15-7-4-5-9-18-15/h3-5,7,9,14H,1,6,8,10-13H2,2H3,(H,19,22). The van der Waals surface area contributed by atoms with E-state index in [1.54, 1.807) is 24.4 Å². The second kappa shape index (κ2) is 8.43. The lowest BCUT2D eigenvalue weighted by Crippen LogP contribution is -2.46. The van der Waals surface area contributed by atoms with Crippen molar-refractivity contribution in [3.8, 4) is 0 Å². The Labute approximate surface area is 137 Å². The topological polar surface area (TPSA) is 65.5 Å². The van der Waals surface area contributed by atoms with Crippen molar-refractivity contribution in [3.05, 3.63) is 42.7 Å². The lowest BCUT2D eigenvalue weighted by molar-refractivity contribution is -0.125. The summed E-state index contributed by atoms with van der Waals surface area (Å²) in [5.41, 5.74) is 0.470. The summed E-state index contributed by atoms with van der Waals surface area (Å²) in [7, 11) is 0. The van der Waals surface area contributed by atoms with Crippen molar-refractivity contribution in [2.75, 3.05) is 32.7 Å². The first-order valence-electron chi connectivity index (χ1n) is 7.96. The molecule has 2 rings (SSSR count). The zero-order chi connectivity index (χ0) is 16.7.